The minimum atomic E-state index is -0.453. The van der Waals surface area contributed by atoms with E-state index in [0.717, 1.165) is 10.7 Å². The van der Waals surface area contributed by atoms with Crippen molar-refractivity contribution in [3.8, 4) is 0 Å². The smallest absolute Gasteiger partial charge is 0.337 e. The molecule has 0 aliphatic rings. The highest BCUT2D eigenvalue weighted by atomic mass is 32.1. The summed E-state index contributed by atoms with van der Waals surface area (Å²) in [7, 11) is 1.32. The van der Waals surface area contributed by atoms with E-state index in [9.17, 15) is 9.59 Å². The van der Waals surface area contributed by atoms with Gasteiger partial charge in [-0.2, -0.15) is 0 Å². The number of esters is 1. The van der Waals surface area contributed by atoms with Crippen molar-refractivity contribution in [2.45, 2.75) is 33.4 Å². The van der Waals surface area contributed by atoms with E-state index in [2.05, 4.69) is 4.98 Å². The Morgan fingerprint density at radius 3 is 2.57 bits per heavy atom. The first-order chi connectivity index (χ1) is 10.9. The number of aromatic nitrogens is 1. The van der Waals surface area contributed by atoms with Gasteiger partial charge in [0.1, 0.15) is 5.01 Å². The van der Waals surface area contributed by atoms with Crippen LogP contribution in [-0.2, 0) is 11.3 Å². The largest absolute Gasteiger partial charge is 0.465 e. The van der Waals surface area contributed by atoms with Gasteiger partial charge in [0.05, 0.1) is 19.2 Å². The number of ether oxygens (including phenoxy) is 1. The summed E-state index contributed by atoms with van der Waals surface area (Å²) in [5.41, 5.74) is 1.79. The highest BCUT2D eigenvalue weighted by Crippen LogP contribution is 2.17. The molecule has 2 rings (SSSR count). The van der Waals surface area contributed by atoms with Crippen molar-refractivity contribution >= 4 is 23.2 Å². The van der Waals surface area contributed by atoms with Gasteiger partial charge in [-0.05, 0) is 39.0 Å². The maximum absolute atomic E-state index is 12.8. The molecule has 0 saturated carbocycles. The predicted molar refractivity (Wildman–Crippen MR) is 89.6 cm³/mol. The molecule has 23 heavy (non-hydrogen) atoms. The van der Waals surface area contributed by atoms with Gasteiger partial charge >= 0.3 is 5.97 Å². The van der Waals surface area contributed by atoms with Crippen LogP contribution >= 0.6 is 11.3 Å². The molecule has 1 heterocycles. The summed E-state index contributed by atoms with van der Waals surface area (Å²) in [6, 6.07) is 6.61. The lowest BCUT2D eigenvalue weighted by molar-refractivity contribution is 0.0600. The van der Waals surface area contributed by atoms with E-state index < -0.39 is 5.97 Å². The van der Waals surface area contributed by atoms with Crippen LogP contribution in [-0.4, -0.2) is 34.9 Å². The first-order valence-corrected chi connectivity index (χ1v) is 8.20. The molecule has 2 aromatic rings. The molecule has 0 atom stereocenters. The molecule has 0 bridgehead atoms. The van der Waals surface area contributed by atoms with E-state index in [1.54, 1.807) is 40.5 Å². The molecule has 122 valence electrons. The molecule has 0 unspecified atom stereocenters. The molecule has 6 heteroatoms. The Kier molecular flexibility index (Phi) is 5.50. The van der Waals surface area contributed by atoms with E-state index in [4.69, 9.17) is 4.74 Å². The lowest BCUT2D eigenvalue weighted by Crippen LogP contribution is -2.36. The average Bonchev–Trinajstić information content (AvgIpc) is 2.96. The SMILES string of the molecule is COC(=O)c1cccc(C(=O)N(Cc2nc(C)cs2)C(C)C)c1. The second kappa shape index (κ2) is 7.37. The number of hydrogen-bond donors (Lipinski definition) is 0. The second-order valence-corrected chi connectivity index (χ2v) is 6.42. The number of aryl methyl sites for hydroxylation is 1. The molecular formula is C17H20N2O3S. The lowest BCUT2D eigenvalue weighted by Gasteiger charge is -2.26. The standard InChI is InChI=1S/C17H20N2O3S/c1-11(2)19(9-15-18-12(3)10-23-15)16(20)13-6-5-7-14(8-13)17(21)22-4/h5-8,10-11H,9H2,1-4H3. The van der Waals surface area contributed by atoms with Crippen LogP contribution < -0.4 is 0 Å². The Bertz CT molecular complexity index is 709. The fourth-order valence-corrected chi connectivity index (χ4v) is 2.94. The first-order valence-electron chi connectivity index (χ1n) is 7.32. The van der Waals surface area contributed by atoms with Crippen molar-refractivity contribution in [1.82, 2.24) is 9.88 Å². The van der Waals surface area contributed by atoms with Gasteiger partial charge in [-0.25, -0.2) is 9.78 Å². The van der Waals surface area contributed by atoms with Crippen LogP contribution in [0.5, 0.6) is 0 Å². The van der Waals surface area contributed by atoms with Crippen LogP contribution in [0.2, 0.25) is 0 Å². The number of rotatable bonds is 5. The normalized spacial score (nSPS) is 10.7. The zero-order chi connectivity index (χ0) is 17.0. The monoisotopic (exact) mass is 332 g/mol. The number of thiazole rings is 1. The summed E-state index contributed by atoms with van der Waals surface area (Å²) in [5.74, 6) is -0.579. The fraction of sp³-hybridized carbons (Fsp3) is 0.353. The highest BCUT2D eigenvalue weighted by molar-refractivity contribution is 7.09. The Labute approximate surface area is 139 Å². The van der Waals surface area contributed by atoms with Crippen LogP contribution in [0.25, 0.3) is 0 Å². The molecule has 1 aromatic heterocycles. The number of nitrogens with zero attached hydrogens (tertiary/aromatic N) is 2. The zero-order valence-electron chi connectivity index (χ0n) is 13.7. The second-order valence-electron chi connectivity index (χ2n) is 5.48. The molecule has 0 radical (unpaired) electrons. The molecule has 0 saturated heterocycles. The number of methoxy groups -OCH3 is 1. The maximum Gasteiger partial charge on any atom is 0.337 e. The van der Waals surface area contributed by atoms with Crippen molar-refractivity contribution in [1.29, 1.82) is 0 Å². The summed E-state index contributed by atoms with van der Waals surface area (Å²) in [5, 5.41) is 2.87. The summed E-state index contributed by atoms with van der Waals surface area (Å²) in [6.45, 7) is 6.31. The molecule has 0 spiro atoms. The van der Waals surface area contributed by atoms with E-state index >= 15 is 0 Å². The Hall–Kier alpha value is -2.21. The van der Waals surface area contributed by atoms with E-state index in [0.29, 0.717) is 17.7 Å². The van der Waals surface area contributed by atoms with Crippen LogP contribution in [0.1, 0.15) is 45.3 Å². The average molecular weight is 332 g/mol. The van der Waals surface area contributed by atoms with Crippen LogP contribution in [0.4, 0.5) is 0 Å². The summed E-state index contributed by atoms with van der Waals surface area (Å²) in [4.78, 5) is 30.6. The molecule has 5 nitrogen and oxygen atoms in total. The topological polar surface area (TPSA) is 59.5 Å². The van der Waals surface area contributed by atoms with Crippen LogP contribution in [0, 0.1) is 6.92 Å². The Morgan fingerprint density at radius 1 is 1.30 bits per heavy atom. The summed E-state index contributed by atoms with van der Waals surface area (Å²) < 4.78 is 4.71. The number of carbonyl (C=O) groups excluding carboxylic acids is 2. The third kappa shape index (κ3) is 4.16. The van der Waals surface area contributed by atoms with Crippen molar-refractivity contribution in [3.05, 3.63) is 51.5 Å². The lowest BCUT2D eigenvalue weighted by atomic mass is 10.1. The van der Waals surface area contributed by atoms with E-state index in [1.807, 2.05) is 26.2 Å². The minimum Gasteiger partial charge on any atom is -0.465 e. The van der Waals surface area contributed by atoms with Gasteiger partial charge in [-0.15, -0.1) is 11.3 Å². The molecule has 1 aromatic carbocycles. The van der Waals surface area contributed by atoms with Gasteiger partial charge < -0.3 is 9.64 Å². The Morgan fingerprint density at radius 2 is 2.00 bits per heavy atom. The summed E-state index contributed by atoms with van der Waals surface area (Å²) in [6.07, 6.45) is 0. The number of benzene rings is 1. The van der Waals surface area contributed by atoms with Gasteiger partial charge in [-0.3, -0.25) is 4.79 Å². The van der Waals surface area contributed by atoms with Crippen molar-refractivity contribution in [3.63, 3.8) is 0 Å². The number of hydrogen-bond acceptors (Lipinski definition) is 5. The van der Waals surface area contributed by atoms with E-state index in [1.165, 1.54) is 7.11 Å². The third-order valence-corrected chi connectivity index (χ3v) is 4.34. The van der Waals surface area contributed by atoms with Gasteiger partial charge in [0.15, 0.2) is 0 Å². The van der Waals surface area contributed by atoms with Crippen LogP contribution in [0.15, 0.2) is 29.6 Å². The summed E-state index contributed by atoms with van der Waals surface area (Å²) >= 11 is 1.54. The van der Waals surface area contributed by atoms with Gasteiger partial charge in [0, 0.05) is 22.7 Å². The van der Waals surface area contributed by atoms with Gasteiger partial charge in [0.25, 0.3) is 5.91 Å². The molecule has 0 fully saturated rings. The highest BCUT2D eigenvalue weighted by Gasteiger charge is 2.21. The van der Waals surface area contributed by atoms with E-state index in [-0.39, 0.29) is 11.9 Å². The first kappa shape index (κ1) is 17.1. The predicted octanol–water partition coefficient (Wildman–Crippen LogP) is 3.29. The van der Waals surface area contributed by atoms with Gasteiger partial charge in [0.2, 0.25) is 0 Å². The molecular weight excluding hydrogens is 312 g/mol. The molecule has 0 aliphatic carbocycles. The molecule has 1 amide bonds. The maximum atomic E-state index is 12.8. The number of carbonyl (C=O) groups is 2. The molecule has 0 N–H and O–H groups in total. The third-order valence-electron chi connectivity index (χ3n) is 3.39. The number of amides is 1. The van der Waals surface area contributed by atoms with Crippen molar-refractivity contribution in [2.75, 3.05) is 7.11 Å². The fourth-order valence-electron chi connectivity index (χ4n) is 2.17. The molecule has 0 aliphatic heterocycles. The van der Waals surface area contributed by atoms with Crippen molar-refractivity contribution < 1.29 is 14.3 Å². The zero-order valence-corrected chi connectivity index (χ0v) is 14.5. The Balaban J connectivity index is 2.25. The van der Waals surface area contributed by atoms with Crippen LogP contribution in [0.3, 0.4) is 0 Å². The van der Waals surface area contributed by atoms with Crippen molar-refractivity contribution in [2.24, 2.45) is 0 Å². The van der Waals surface area contributed by atoms with Gasteiger partial charge in [-0.1, -0.05) is 6.07 Å². The quantitative estimate of drug-likeness (QED) is 0.788. The minimum absolute atomic E-state index is 0.0217.